The lowest BCUT2D eigenvalue weighted by Crippen LogP contribution is -2.31. The Morgan fingerprint density at radius 1 is 1.07 bits per heavy atom. The minimum atomic E-state index is -0.254. The van der Waals surface area contributed by atoms with Crippen LogP contribution in [0.15, 0.2) is 65.5 Å². The largest absolute Gasteiger partial charge is 0.356 e. The fourth-order valence-corrected chi connectivity index (χ4v) is 3.33. The van der Waals surface area contributed by atoms with Gasteiger partial charge < -0.3 is 10.6 Å². The van der Waals surface area contributed by atoms with Gasteiger partial charge in [-0.2, -0.15) is 0 Å². The lowest BCUT2D eigenvalue weighted by Gasteiger charge is -2.15. The first-order valence-electron chi connectivity index (χ1n) is 10.3. The number of carbonyl (C=O) groups excluding carboxylic acids is 1. The molecule has 6 nitrogen and oxygen atoms in total. The number of aromatic nitrogens is 2. The minimum Gasteiger partial charge on any atom is -0.356 e. The molecule has 0 saturated heterocycles. The molecule has 1 aromatic heterocycles. The van der Waals surface area contributed by atoms with Crippen LogP contribution in [0.2, 0.25) is 0 Å². The third kappa shape index (κ3) is 5.80. The van der Waals surface area contributed by atoms with Crippen LogP contribution in [0.5, 0.6) is 0 Å². The van der Waals surface area contributed by atoms with Crippen LogP contribution in [-0.2, 0) is 24.2 Å². The quantitative estimate of drug-likeness (QED) is 0.532. The molecule has 2 N–H and O–H groups in total. The fourth-order valence-electron chi connectivity index (χ4n) is 3.33. The van der Waals surface area contributed by atoms with Crippen LogP contribution in [0.1, 0.15) is 30.2 Å². The van der Waals surface area contributed by atoms with Gasteiger partial charge in [-0.3, -0.25) is 14.2 Å². The number of carbonyl (C=O) groups is 1. The highest BCUT2D eigenvalue weighted by atomic mass is 16.2. The second-order valence-electron chi connectivity index (χ2n) is 7.22. The Morgan fingerprint density at radius 2 is 1.80 bits per heavy atom. The monoisotopic (exact) mass is 404 g/mol. The highest BCUT2D eigenvalue weighted by molar-refractivity contribution is 5.91. The molecular weight excluding hydrogens is 376 g/mol. The van der Waals surface area contributed by atoms with Gasteiger partial charge in [-0.25, -0.2) is 4.98 Å². The molecule has 3 rings (SSSR count). The van der Waals surface area contributed by atoms with E-state index in [1.54, 1.807) is 6.92 Å². The number of anilines is 2. The predicted octanol–water partition coefficient (Wildman–Crippen LogP) is 3.80. The van der Waals surface area contributed by atoms with E-state index in [2.05, 4.69) is 27.8 Å². The highest BCUT2D eigenvalue weighted by Gasteiger charge is 2.12. The zero-order chi connectivity index (χ0) is 21.3. The average molecular weight is 405 g/mol. The molecular formula is C24H28N4O2. The van der Waals surface area contributed by atoms with Crippen LogP contribution in [0.3, 0.4) is 0 Å². The van der Waals surface area contributed by atoms with Crippen LogP contribution >= 0.6 is 0 Å². The zero-order valence-corrected chi connectivity index (χ0v) is 17.5. The average Bonchev–Trinajstić information content (AvgIpc) is 2.74. The molecule has 3 aromatic rings. The Balaban J connectivity index is 1.66. The number of nitrogens with one attached hydrogen (secondary N) is 2. The molecule has 156 valence electrons. The topological polar surface area (TPSA) is 76.0 Å². The molecule has 0 aliphatic rings. The van der Waals surface area contributed by atoms with Crippen molar-refractivity contribution < 1.29 is 4.79 Å². The van der Waals surface area contributed by atoms with Gasteiger partial charge in [0.25, 0.3) is 5.56 Å². The van der Waals surface area contributed by atoms with Gasteiger partial charge in [-0.15, -0.1) is 0 Å². The number of aryl methyl sites for hydroxylation is 3. The van der Waals surface area contributed by atoms with Crippen LogP contribution in [-0.4, -0.2) is 22.0 Å². The van der Waals surface area contributed by atoms with Gasteiger partial charge in [0.15, 0.2) is 0 Å². The van der Waals surface area contributed by atoms with Crippen LogP contribution in [0.25, 0.3) is 0 Å². The van der Waals surface area contributed by atoms with E-state index < -0.39 is 0 Å². The highest BCUT2D eigenvalue weighted by Crippen LogP contribution is 2.15. The molecule has 0 spiro atoms. The van der Waals surface area contributed by atoms with Gasteiger partial charge in [0.1, 0.15) is 6.54 Å². The maximum absolute atomic E-state index is 12.6. The van der Waals surface area contributed by atoms with Gasteiger partial charge in [0, 0.05) is 24.0 Å². The summed E-state index contributed by atoms with van der Waals surface area (Å²) in [5, 5.41) is 6.14. The number of rotatable bonds is 9. The second kappa shape index (κ2) is 10.4. The lowest BCUT2D eigenvalue weighted by molar-refractivity contribution is -0.116. The van der Waals surface area contributed by atoms with Crippen LogP contribution < -0.4 is 16.2 Å². The lowest BCUT2D eigenvalue weighted by atomic mass is 10.1. The number of hydrogen-bond donors (Lipinski definition) is 2. The summed E-state index contributed by atoms with van der Waals surface area (Å²) >= 11 is 0. The van der Waals surface area contributed by atoms with E-state index in [-0.39, 0.29) is 18.0 Å². The van der Waals surface area contributed by atoms with Crippen molar-refractivity contribution in [2.45, 2.75) is 39.7 Å². The Kier molecular flexibility index (Phi) is 7.38. The third-order valence-corrected chi connectivity index (χ3v) is 4.88. The Labute approximate surface area is 177 Å². The van der Waals surface area contributed by atoms with Crippen molar-refractivity contribution in [1.82, 2.24) is 9.55 Å². The maximum Gasteiger partial charge on any atom is 0.255 e. The van der Waals surface area contributed by atoms with E-state index in [1.807, 2.05) is 49.4 Å². The molecule has 0 bridgehead atoms. The molecule has 0 aliphatic carbocycles. The second-order valence-corrected chi connectivity index (χ2v) is 7.22. The number of benzene rings is 2. The van der Waals surface area contributed by atoms with Gasteiger partial charge in [0.2, 0.25) is 11.9 Å². The van der Waals surface area contributed by atoms with E-state index in [1.165, 1.54) is 16.2 Å². The first-order chi connectivity index (χ1) is 14.6. The molecule has 0 fully saturated rings. The van der Waals surface area contributed by atoms with Gasteiger partial charge >= 0.3 is 0 Å². The normalized spacial score (nSPS) is 10.6. The molecule has 0 unspecified atom stereocenters. The molecule has 30 heavy (non-hydrogen) atoms. The number of nitrogens with zero attached hydrogens (tertiary/aromatic N) is 2. The summed E-state index contributed by atoms with van der Waals surface area (Å²) in [6.07, 6.45) is 2.64. The molecule has 0 radical (unpaired) electrons. The van der Waals surface area contributed by atoms with Gasteiger partial charge in [-0.1, -0.05) is 55.5 Å². The van der Waals surface area contributed by atoms with Crippen molar-refractivity contribution in [2.75, 3.05) is 17.2 Å². The summed E-state index contributed by atoms with van der Waals surface area (Å²) in [6.45, 7) is 4.38. The molecule has 0 atom stereocenters. The van der Waals surface area contributed by atoms with Crippen molar-refractivity contribution >= 4 is 17.5 Å². The Morgan fingerprint density at radius 3 is 2.57 bits per heavy atom. The van der Waals surface area contributed by atoms with E-state index >= 15 is 0 Å². The number of para-hydroxylation sites is 1. The summed E-state index contributed by atoms with van der Waals surface area (Å²) in [6, 6.07) is 19.4. The molecule has 0 saturated carbocycles. The van der Waals surface area contributed by atoms with Crippen molar-refractivity contribution in [2.24, 2.45) is 0 Å². The zero-order valence-electron chi connectivity index (χ0n) is 17.5. The smallest absolute Gasteiger partial charge is 0.255 e. The van der Waals surface area contributed by atoms with E-state index in [4.69, 9.17) is 0 Å². The van der Waals surface area contributed by atoms with Crippen molar-refractivity contribution in [1.29, 1.82) is 0 Å². The van der Waals surface area contributed by atoms with Crippen LogP contribution in [0.4, 0.5) is 11.6 Å². The molecule has 1 heterocycles. The molecule has 1 amide bonds. The Hall–Kier alpha value is -3.41. The van der Waals surface area contributed by atoms with Gasteiger partial charge in [-0.05, 0) is 43.4 Å². The van der Waals surface area contributed by atoms with Crippen LogP contribution in [0, 0.1) is 6.92 Å². The van der Waals surface area contributed by atoms with Crippen molar-refractivity contribution in [3.8, 4) is 0 Å². The standard InChI is InChI=1S/C24H28N4O2/c1-3-20-13-7-8-14-21(20)27-22(29)17-28-23(30)16-18(2)26-24(28)25-15-9-12-19-10-5-4-6-11-19/h4-8,10-11,13-14,16H,3,9,12,15,17H2,1-2H3,(H,25,26)(H,27,29). The fraction of sp³-hybridized carbons (Fsp3) is 0.292. The van der Waals surface area contributed by atoms with E-state index in [9.17, 15) is 9.59 Å². The van der Waals surface area contributed by atoms with Crippen molar-refractivity contribution in [3.05, 3.63) is 87.8 Å². The predicted molar refractivity (Wildman–Crippen MR) is 121 cm³/mol. The van der Waals surface area contributed by atoms with Gasteiger partial charge in [0.05, 0.1) is 0 Å². The molecule has 6 heteroatoms. The molecule has 2 aromatic carbocycles. The van der Waals surface area contributed by atoms with Crippen molar-refractivity contribution in [3.63, 3.8) is 0 Å². The van der Waals surface area contributed by atoms with E-state index in [0.29, 0.717) is 18.2 Å². The van der Waals surface area contributed by atoms with E-state index in [0.717, 1.165) is 30.5 Å². The summed E-state index contributed by atoms with van der Waals surface area (Å²) in [5.41, 5.74) is 3.48. The minimum absolute atomic E-state index is 0.0921. The summed E-state index contributed by atoms with van der Waals surface area (Å²) in [7, 11) is 0. The SMILES string of the molecule is CCc1ccccc1NC(=O)Cn1c(NCCCc2ccccc2)nc(C)cc1=O. The molecule has 0 aliphatic heterocycles. The Bertz CT molecular complexity index is 1040. The number of hydrogen-bond acceptors (Lipinski definition) is 4. The summed E-state index contributed by atoms with van der Waals surface area (Å²) < 4.78 is 1.39. The first-order valence-corrected chi connectivity index (χ1v) is 10.3. The third-order valence-electron chi connectivity index (χ3n) is 4.88. The maximum atomic E-state index is 12.6. The number of amides is 1. The summed E-state index contributed by atoms with van der Waals surface area (Å²) in [5.74, 6) is 0.169. The summed E-state index contributed by atoms with van der Waals surface area (Å²) in [4.78, 5) is 29.6. The first kappa shape index (κ1) is 21.3.